The number of ether oxygens (including phenoxy) is 2. The highest BCUT2D eigenvalue weighted by Gasteiger charge is 2.39. The van der Waals surface area contributed by atoms with Crippen LogP contribution in [-0.2, 0) is 15.7 Å². The number of hydrogen-bond acceptors (Lipinski definition) is 4. The molecule has 0 amide bonds. The van der Waals surface area contributed by atoms with Crippen molar-refractivity contribution in [2.45, 2.75) is 57.7 Å². The first-order chi connectivity index (χ1) is 16.9. The van der Waals surface area contributed by atoms with Gasteiger partial charge in [0.25, 0.3) is 0 Å². The number of benzene rings is 1. The number of carboxylic acids is 1. The molecule has 2 aliphatic rings. The number of fused-ring (bicyclic) bond motifs is 1. The molecule has 0 bridgehead atoms. The van der Waals surface area contributed by atoms with E-state index in [1.165, 1.54) is 6.07 Å². The van der Waals surface area contributed by atoms with Gasteiger partial charge in [-0.2, -0.15) is 13.2 Å². The monoisotopic (exact) mass is 522 g/mol. The fourth-order valence-corrected chi connectivity index (χ4v) is 5.14. The van der Waals surface area contributed by atoms with Crippen LogP contribution in [0.5, 0.6) is 5.75 Å². The quantitative estimate of drug-likeness (QED) is 0.281. The van der Waals surface area contributed by atoms with Crippen LogP contribution in [0.25, 0.3) is 5.57 Å². The molecule has 0 saturated heterocycles. The smallest absolute Gasteiger partial charge is 0.416 e. The Hall–Kier alpha value is -2.72. The SMILES string of the molecule is CC1=C(C(=O)O)c2[nH]ccc2C(c2cc(C(F)(F)F)ccc2OCC2CC2)N1COCC[Si](C)(C)C. The Bertz CT molecular complexity index is 1150. The number of hydrogen-bond donors (Lipinski definition) is 2. The first kappa shape index (κ1) is 26.3. The van der Waals surface area contributed by atoms with Crippen LogP contribution in [0.4, 0.5) is 13.2 Å². The van der Waals surface area contributed by atoms with Crippen molar-refractivity contribution in [3.63, 3.8) is 0 Å². The van der Waals surface area contributed by atoms with Gasteiger partial charge in [-0.05, 0) is 56.0 Å². The number of aromatic amines is 1. The summed E-state index contributed by atoms with van der Waals surface area (Å²) in [5, 5.41) is 9.97. The number of carbonyl (C=O) groups is 1. The lowest BCUT2D eigenvalue weighted by Crippen LogP contribution is -2.36. The summed E-state index contributed by atoms with van der Waals surface area (Å²) >= 11 is 0. The fourth-order valence-electron chi connectivity index (χ4n) is 4.38. The molecular weight excluding hydrogens is 489 g/mol. The third-order valence-electron chi connectivity index (χ3n) is 6.67. The Kier molecular flexibility index (Phi) is 7.30. The normalized spacial score (nSPS) is 18.4. The topological polar surface area (TPSA) is 74.8 Å². The first-order valence-electron chi connectivity index (χ1n) is 12.2. The van der Waals surface area contributed by atoms with E-state index in [1.807, 2.05) is 0 Å². The van der Waals surface area contributed by atoms with Crippen LogP contribution in [0.3, 0.4) is 0 Å². The number of aliphatic carboxylic acids is 1. The van der Waals surface area contributed by atoms with E-state index in [1.54, 1.807) is 24.1 Å². The number of nitrogens with zero attached hydrogens (tertiary/aromatic N) is 1. The number of aromatic nitrogens is 1. The zero-order chi connectivity index (χ0) is 26.3. The van der Waals surface area contributed by atoms with Crippen LogP contribution in [0.2, 0.25) is 25.7 Å². The van der Waals surface area contributed by atoms with Gasteiger partial charge >= 0.3 is 12.1 Å². The molecule has 1 aromatic heterocycles. The Morgan fingerprint density at radius 1 is 1.19 bits per heavy atom. The minimum atomic E-state index is -4.53. The van der Waals surface area contributed by atoms with Gasteiger partial charge in [0.2, 0.25) is 0 Å². The van der Waals surface area contributed by atoms with Crippen molar-refractivity contribution in [1.29, 1.82) is 0 Å². The van der Waals surface area contributed by atoms with E-state index < -0.39 is 31.8 Å². The summed E-state index contributed by atoms with van der Waals surface area (Å²) in [5.74, 6) is -0.336. The van der Waals surface area contributed by atoms with Crippen molar-refractivity contribution >= 4 is 19.6 Å². The molecule has 2 aromatic rings. The van der Waals surface area contributed by atoms with E-state index in [-0.39, 0.29) is 12.3 Å². The molecule has 4 rings (SSSR count). The maximum absolute atomic E-state index is 13.8. The maximum Gasteiger partial charge on any atom is 0.416 e. The molecule has 0 spiro atoms. The summed E-state index contributed by atoms with van der Waals surface area (Å²) in [6.07, 6.45) is -0.832. The van der Waals surface area contributed by atoms with E-state index in [0.717, 1.165) is 31.0 Å². The van der Waals surface area contributed by atoms with Crippen molar-refractivity contribution in [2.24, 2.45) is 5.92 Å². The first-order valence-corrected chi connectivity index (χ1v) is 15.9. The largest absolute Gasteiger partial charge is 0.493 e. The lowest BCUT2D eigenvalue weighted by atomic mass is 9.88. The van der Waals surface area contributed by atoms with Crippen LogP contribution < -0.4 is 4.74 Å². The Morgan fingerprint density at radius 3 is 2.53 bits per heavy atom. The second-order valence-electron chi connectivity index (χ2n) is 10.8. The number of H-pyrrole nitrogens is 1. The summed E-state index contributed by atoms with van der Waals surface area (Å²) < 4.78 is 53.3. The van der Waals surface area contributed by atoms with Gasteiger partial charge in [0.1, 0.15) is 18.1 Å². The van der Waals surface area contributed by atoms with Crippen LogP contribution in [0.1, 0.15) is 48.2 Å². The van der Waals surface area contributed by atoms with Gasteiger partial charge in [0, 0.05) is 37.7 Å². The molecule has 1 atom stereocenters. The lowest BCUT2D eigenvalue weighted by molar-refractivity contribution is -0.137. The molecule has 1 unspecified atom stereocenters. The number of allylic oxidation sites excluding steroid dienone is 1. The summed E-state index contributed by atoms with van der Waals surface area (Å²) in [5.41, 5.74) is 1.01. The van der Waals surface area contributed by atoms with Gasteiger partial charge in [0.05, 0.1) is 23.9 Å². The number of carboxylic acid groups (broad SMARTS) is 1. The summed E-state index contributed by atoms with van der Waals surface area (Å²) in [4.78, 5) is 16.9. The average molecular weight is 523 g/mol. The van der Waals surface area contributed by atoms with Gasteiger partial charge in [-0.3, -0.25) is 0 Å². The van der Waals surface area contributed by atoms with Crippen LogP contribution in [-0.4, -0.2) is 49.0 Å². The minimum Gasteiger partial charge on any atom is -0.493 e. The number of rotatable bonds is 10. The Morgan fingerprint density at radius 2 is 1.92 bits per heavy atom. The van der Waals surface area contributed by atoms with E-state index in [9.17, 15) is 23.1 Å². The van der Waals surface area contributed by atoms with E-state index >= 15 is 0 Å². The summed E-state index contributed by atoms with van der Waals surface area (Å²) in [6.45, 7) is 9.32. The van der Waals surface area contributed by atoms with Crippen LogP contribution in [0, 0.1) is 5.92 Å². The van der Waals surface area contributed by atoms with E-state index in [4.69, 9.17) is 9.47 Å². The zero-order valence-corrected chi connectivity index (χ0v) is 22.0. The van der Waals surface area contributed by atoms with Crippen molar-refractivity contribution in [3.8, 4) is 5.75 Å². The third kappa shape index (κ3) is 5.81. The Labute approximate surface area is 210 Å². The number of halogens is 3. The van der Waals surface area contributed by atoms with Gasteiger partial charge in [-0.1, -0.05) is 19.6 Å². The Balaban J connectivity index is 1.79. The van der Waals surface area contributed by atoms with Crippen molar-refractivity contribution in [2.75, 3.05) is 19.9 Å². The second kappa shape index (κ2) is 9.97. The fraction of sp³-hybridized carbons (Fsp3) is 0.500. The highest BCUT2D eigenvalue weighted by Crippen LogP contribution is 2.46. The molecule has 1 fully saturated rings. The average Bonchev–Trinajstić information content (AvgIpc) is 3.49. The number of nitrogens with one attached hydrogen (secondary N) is 1. The third-order valence-corrected chi connectivity index (χ3v) is 8.38. The molecule has 10 heteroatoms. The number of alkyl halides is 3. The molecule has 36 heavy (non-hydrogen) atoms. The molecule has 1 aromatic carbocycles. The molecule has 1 saturated carbocycles. The summed E-state index contributed by atoms with van der Waals surface area (Å²) in [6, 6.07) is 5.45. The highest BCUT2D eigenvalue weighted by atomic mass is 28.3. The molecule has 0 radical (unpaired) electrons. The molecule has 1 aliphatic heterocycles. The molecule has 2 heterocycles. The predicted molar refractivity (Wildman–Crippen MR) is 133 cm³/mol. The molecule has 2 N–H and O–H groups in total. The van der Waals surface area contributed by atoms with Crippen molar-refractivity contribution in [3.05, 3.63) is 58.5 Å². The second-order valence-corrected chi connectivity index (χ2v) is 16.4. The van der Waals surface area contributed by atoms with Gasteiger partial charge < -0.3 is 24.5 Å². The highest BCUT2D eigenvalue weighted by molar-refractivity contribution is 6.76. The zero-order valence-electron chi connectivity index (χ0n) is 21.0. The van der Waals surface area contributed by atoms with Gasteiger partial charge in [-0.25, -0.2) is 4.79 Å². The van der Waals surface area contributed by atoms with Gasteiger partial charge in [0.15, 0.2) is 0 Å². The predicted octanol–water partition coefficient (Wildman–Crippen LogP) is 6.36. The minimum absolute atomic E-state index is 0.0424. The van der Waals surface area contributed by atoms with Crippen LogP contribution >= 0.6 is 0 Å². The molecule has 1 aliphatic carbocycles. The summed E-state index contributed by atoms with van der Waals surface area (Å²) in [7, 11) is -1.37. The van der Waals surface area contributed by atoms with E-state index in [0.29, 0.717) is 47.4 Å². The molecular formula is C26H33F3N2O4Si. The maximum atomic E-state index is 13.8. The van der Waals surface area contributed by atoms with Gasteiger partial charge in [-0.15, -0.1) is 0 Å². The van der Waals surface area contributed by atoms with Crippen molar-refractivity contribution in [1.82, 2.24) is 9.88 Å². The molecule has 196 valence electrons. The van der Waals surface area contributed by atoms with Crippen molar-refractivity contribution < 1.29 is 32.5 Å². The van der Waals surface area contributed by atoms with Crippen LogP contribution in [0.15, 0.2) is 36.2 Å². The molecule has 6 nitrogen and oxygen atoms in total. The standard InChI is InChI=1S/C26H33F3N2O4Si/c1-16-22(25(32)33)23-19(9-10-30-23)24(31(16)15-34-11-12-36(2,3)4)20-13-18(26(27,28)29)7-8-21(20)35-14-17-5-6-17/h7-10,13,17,24,30H,5-6,11-12,14-15H2,1-4H3,(H,32,33). The van der Waals surface area contributed by atoms with E-state index in [2.05, 4.69) is 24.6 Å². The lowest BCUT2D eigenvalue weighted by Gasteiger charge is -2.39.